The highest BCUT2D eigenvalue weighted by Crippen LogP contribution is 2.14. The van der Waals surface area contributed by atoms with E-state index in [4.69, 9.17) is 13.0 Å². The molecular weight excluding hydrogens is 145 g/mol. The molecule has 0 heterocycles. The fraction of sp³-hybridized carbons (Fsp3) is 0. The first-order valence-corrected chi connectivity index (χ1v) is 2.84. The van der Waals surface area contributed by atoms with Gasteiger partial charge in [0, 0.05) is 0 Å². The molecule has 0 bridgehead atoms. The smallest absolute Gasteiger partial charge is 0.266 e. The lowest BCUT2D eigenvalue weighted by atomic mass is 9.94. The van der Waals surface area contributed by atoms with E-state index in [1.165, 1.54) is 12.1 Å². The van der Waals surface area contributed by atoms with Crippen LogP contribution in [0.4, 0.5) is 5.69 Å². The highest BCUT2D eigenvalue weighted by atomic mass is 16.6. The van der Waals surface area contributed by atoms with E-state index in [1.54, 1.807) is 0 Å². The summed E-state index contributed by atoms with van der Waals surface area (Å²) in [6, 6.07) is 3.59. The van der Waals surface area contributed by atoms with Crippen LogP contribution in [0.5, 0.6) is 5.75 Å². The molecular formula is C6H4BNO3. The van der Waals surface area contributed by atoms with E-state index in [2.05, 4.69) is 0 Å². The molecule has 0 saturated heterocycles. The van der Waals surface area contributed by atoms with Crippen molar-refractivity contribution in [1.29, 1.82) is 0 Å². The Bertz CT molecular complexity index is 300. The molecule has 0 aromatic heterocycles. The van der Waals surface area contributed by atoms with Gasteiger partial charge in [-0.3, -0.25) is 10.1 Å². The molecule has 0 saturated carbocycles. The largest absolute Gasteiger partial charge is 0.508 e. The second-order valence-corrected chi connectivity index (χ2v) is 2.00. The van der Waals surface area contributed by atoms with Crippen LogP contribution in [-0.2, 0) is 0 Å². The Labute approximate surface area is 64.0 Å². The van der Waals surface area contributed by atoms with Gasteiger partial charge in [-0.05, 0) is 11.5 Å². The molecule has 0 amide bonds. The van der Waals surface area contributed by atoms with Crippen LogP contribution in [0.1, 0.15) is 0 Å². The Balaban J connectivity index is 3.23. The molecule has 11 heavy (non-hydrogen) atoms. The minimum Gasteiger partial charge on any atom is -0.508 e. The zero-order valence-corrected chi connectivity index (χ0v) is 5.52. The number of nitro benzene ring substituents is 1. The Morgan fingerprint density at radius 2 is 2.18 bits per heavy atom. The maximum Gasteiger partial charge on any atom is 0.266 e. The third kappa shape index (κ3) is 1.49. The van der Waals surface area contributed by atoms with Crippen molar-refractivity contribution in [3.63, 3.8) is 0 Å². The average Bonchev–Trinajstić information content (AvgIpc) is 1.94. The quantitative estimate of drug-likeness (QED) is 0.349. The molecule has 1 aromatic rings. The fourth-order valence-corrected chi connectivity index (χ4v) is 0.690. The average molecular weight is 149 g/mol. The number of nitrogens with zero attached hydrogens (tertiary/aromatic N) is 1. The van der Waals surface area contributed by atoms with Crippen LogP contribution < -0.4 is 5.46 Å². The van der Waals surface area contributed by atoms with Crippen LogP contribution in [0.3, 0.4) is 0 Å². The van der Waals surface area contributed by atoms with E-state index in [0.717, 1.165) is 6.07 Å². The molecule has 1 N–H and O–H groups in total. The summed E-state index contributed by atoms with van der Waals surface area (Å²) in [5, 5.41) is 19.0. The van der Waals surface area contributed by atoms with E-state index in [9.17, 15) is 10.1 Å². The minimum absolute atomic E-state index is 0.0489. The summed E-state index contributed by atoms with van der Waals surface area (Å²) in [7, 11) is 5.24. The van der Waals surface area contributed by atoms with Crippen LogP contribution in [0.2, 0.25) is 0 Å². The van der Waals surface area contributed by atoms with Crippen molar-refractivity contribution < 1.29 is 10.0 Å². The summed E-state index contributed by atoms with van der Waals surface area (Å²) in [6.07, 6.45) is 0. The van der Waals surface area contributed by atoms with Crippen LogP contribution in [0, 0.1) is 10.1 Å². The highest BCUT2D eigenvalue weighted by Gasteiger charge is 2.08. The number of nitro groups is 1. The number of benzene rings is 1. The molecule has 0 aliphatic heterocycles. The normalized spacial score (nSPS) is 9.45. The number of aromatic hydroxyl groups is 1. The van der Waals surface area contributed by atoms with Gasteiger partial charge in [-0.2, -0.15) is 0 Å². The van der Waals surface area contributed by atoms with Crippen molar-refractivity contribution in [2.45, 2.75) is 0 Å². The molecule has 1 rings (SSSR count). The number of hydrogen-bond acceptors (Lipinski definition) is 3. The van der Waals surface area contributed by atoms with Crippen molar-refractivity contribution in [3.8, 4) is 5.75 Å². The van der Waals surface area contributed by atoms with Crippen LogP contribution >= 0.6 is 0 Å². The molecule has 4 nitrogen and oxygen atoms in total. The van der Waals surface area contributed by atoms with Gasteiger partial charge < -0.3 is 5.11 Å². The van der Waals surface area contributed by atoms with Gasteiger partial charge in [-0.25, -0.2) is 0 Å². The molecule has 0 aliphatic carbocycles. The lowest BCUT2D eigenvalue weighted by Crippen LogP contribution is -2.08. The topological polar surface area (TPSA) is 63.4 Å². The molecule has 1 aromatic carbocycles. The van der Waals surface area contributed by atoms with Crippen LogP contribution in [0.15, 0.2) is 18.2 Å². The molecule has 0 atom stereocenters. The zero-order valence-electron chi connectivity index (χ0n) is 5.52. The monoisotopic (exact) mass is 149 g/mol. The van der Waals surface area contributed by atoms with Crippen LogP contribution in [0.25, 0.3) is 0 Å². The SMILES string of the molecule is [B]c1ccc(O)cc1[N+](=O)[O-]. The van der Waals surface area contributed by atoms with Gasteiger partial charge >= 0.3 is 0 Å². The Morgan fingerprint density at radius 3 is 2.64 bits per heavy atom. The summed E-state index contributed by atoms with van der Waals surface area (Å²) in [5.74, 6) is -0.161. The van der Waals surface area contributed by atoms with Crippen molar-refractivity contribution in [3.05, 3.63) is 28.3 Å². The number of phenolic OH excluding ortho intramolecular Hbond substituents is 1. The molecule has 0 fully saturated rings. The number of hydrogen-bond donors (Lipinski definition) is 1. The van der Waals surface area contributed by atoms with E-state index < -0.39 is 4.92 Å². The summed E-state index contributed by atoms with van der Waals surface area (Å²) in [5.41, 5.74) is -0.224. The summed E-state index contributed by atoms with van der Waals surface area (Å²) < 4.78 is 0. The van der Waals surface area contributed by atoms with E-state index >= 15 is 0 Å². The van der Waals surface area contributed by atoms with E-state index in [0.29, 0.717) is 0 Å². The molecule has 2 radical (unpaired) electrons. The second kappa shape index (κ2) is 2.61. The summed E-state index contributed by atoms with van der Waals surface area (Å²) in [6.45, 7) is 0. The minimum atomic E-state index is -0.644. The molecule has 0 spiro atoms. The molecule has 5 heteroatoms. The third-order valence-corrected chi connectivity index (χ3v) is 1.21. The first-order chi connectivity index (χ1) is 5.11. The molecule has 54 valence electrons. The summed E-state index contributed by atoms with van der Waals surface area (Å²) >= 11 is 0. The zero-order chi connectivity index (χ0) is 8.43. The number of rotatable bonds is 1. The predicted molar refractivity (Wildman–Crippen MR) is 40.1 cm³/mol. The fourth-order valence-electron chi connectivity index (χ4n) is 0.690. The predicted octanol–water partition coefficient (Wildman–Crippen LogP) is 0.0942. The Hall–Kier alpha value is -1.52. The first-order valence-electron chi connectivity index (χ1n) is 2.84. The van der Waals surface area contributed by atoms with Crippen molar-refractivity contribution >= 4 is 19.0 Å². The Morgan fingerprint density at radius 1 is 1.55 bits per heavy atom. The maximum absolute atomic E-state index is 10.2. The van der Waals surface area contributed by atoms with Gasteiger partial charge in [0.05, 0.1) is 11.0 Å². The van der Waals surface area contributed by atoms with E-state index in [1.807, 2.05) is 0 Å². The second-order valence-electron chi connectivity index (χ2n) is 2.00. The van der Waals surface area contributed by atoms with Crippen molar-refractivity contribution in [2.24, 2.45) is 0 Å². The first kappa shape index (κ1) is 7.59. The standard InChI is InChI=1S/C6H4BNO3/c7-5-2-1-4(9)3-6(5)8(10)11/h1-3,9H. The summed E-state index contributed by atoms with van der Waals surface area (Å²) in [4.78, 5) is 9.54. The van der Waals surface area contributed by atoms with Gasteiger partial charge in [0.15, 0.2) is 0 Å². The lowest BCUT2D eigenvalue weighted by molar-refractivity contribution is -0.383. The van der Waals surface area contributed by atoms with Crippen molar-refractivity contribution in [1.82, 2.24) is 0 Å². The molecule has 0 unspecified atom stereocenters. The molecule has 0 aliphatic rings. The van der Waals surface area contributed by atoms with Crippen molar-refractivity contribution in [2.75, 3.05) is 0 Å². The van der Waals surface area contributed by atoms with Crippen LogP contribution in [-0.4, -0.2) is 17.9 Å². The van der Waals surface area contributed by atoms with Gasteiger partial charge in [0.2, 0.25) is 0 Å². The maximum atomic E-state index is 10.2. The third-order valence-electron chi connectivity index (χ3n) is 1.21. The van der Waals surface area contributed by atoms with Gasteiger partial charge in [0.25, 0.3) is 5.69 Å². The highest BCUT2D eigenvalue weighted by molar-refractivity contribution is 6.35. The Kier molecular flexibility index (Phi) is 1.80. The van der Waals surface area contributed by atoms with E-state index in [-0.39, 0.29) is 16.9 Å². The van der Waals surface area contributed by atoms with Gasteiger partial charge in [-0.15, -0.1) is 0 Å². The van der Waals surface area contributed by atoms with Gasteiger partial charge in [-0.1, -0.05) is 6.07 Å². The number of phenols is 1. The lowest BCUT2D eigenvalue weighted by Gasteiger charge is -1.96. The van der Waals surface area contributed by atoms with Gasteiger partial charge in [0.1, 0.15) is 13.6 Å².